The maximum absolute atomic E-state index is 13.4. The predicted molar refractivity (Wildman–Crippen MR) is 141 cm³/mol. The molecule has 0 spiro atoms. The number of nitrogens with two attached hydrogens (primary N) is 1. The monoisotopic (exact) mass is 608 g/mol. The number of alkyl halides is 3. The molecule has 4 rings (SSSR count). The Bertz CT molecular complexity index is 1640. The SMILES string of the molecule is CCS(=O)(=O)c1ccc(Cl)cc1Cn1c(=O)[nH]c2c(Cl)c(CN3CCC(CN)C3)c(OC(F)(F)F)cc2c1=O. The molecule has 212 valence electrons. The first-order valence-electron chi connectivity index (χ1n) is 11.9. The lowest BCUT2D eigenvalue weighted by Crippen LogP contribution is -2.36. The molecule has 0 radical (unpaired) electrons. The molecule has 9 nitrogen and oxygen atoms in total. The van der Waals surface area contributed by atoms with Crippen molar-refractivity contribution in [2.75, 3.05) is 25.4 Å². The topological polar surface area (TPSA) is 127 Å². The second kappa shape index (κ2) is 11.1. The molecule has 1 aliphatic heterocycles. The number of sulfone groups is 1. The first-order chi connectivity index (χ1) is 18.2. The summed E-state index contributed by atoms with van der Waals surface area (Å²) in [6, 6.07) is 4.82. The van der Waals surface area contributed by atoms with Crippen molar-refractivity contribution in [2.45, 2.75) is 37.7 Å². The van der Waals surface area contributed by atoms with Crippen LogP contribution in [0.15, 0.2) is 38.8 Å². The Morgan fingerprint density at radius 1 is 1.18 bits per heavy atom. The molecule has 3 aromatic rings. The van der Waals surface area contributed by atoms with Gasteiger partial charge in [-0.15, -0.1) is 13.2 Å². The summed E-state index contributed by atoms with van der Waals surface area (Å²) >= 11 is 12.5. The van der Waals surface area contributed by atoms with Crippen molar-refractivity contribution in [2.24, 2.45) is 11.7 Å². The molecule has 3 N–H and O–H groups in total. The third-order valence-corrected chi connectivity index (χ3v) is 9.14. The van der Waals surface area contributed by atoms with Gasteiger partial charge in [0, 0.05) is 23.7 Å². The lowest BCUT2D eigenvalue weighted by Gasteiger charge is -2.21. The van der Waals surface area contributed by atoms with Gasteiger partial charge in [-0.05, 0) is 55.3 Å². The molecule has 15 heteroatoms. The molecule has 1 atom stereocenters. The number of ether oxygens (including phenoxy) is 1. The second-order valence-corrected chi connectivity index (χ2v) is 12.3. The molecular weight excluding hydrogens is 584 g/mol. The van der Waals surface area contributed by atoms with Gasteiger partial charge in [0.1, 0.15) is 5.75 Å². The van der Waals surface area contributed by atoms with Crippen molar-refractivity contribution >= 4 is 43.9 Å². The highest BCUT2D eigenvalue weighted by atomic mass is 35.5. The van der Waals surface area contributed by atoms with Gasteiger partial charge in [0.2, 0.25) is 0 Å². The number of fused-ring (bicyclic) bond motifs is 1. The van der Waals surface area contributed by atoms with Crippen molar-refractivity contribution in [3.05, 3.63) is 66.3 Å². The van der Waals surface area contributed by atoms with Crippen molar-refractivity contribution in [3.63, 3.8) is 0 Å². The van der Waals surface area contributed by atoms with Crippen LogP contribution in [0.25, 0.3) is 10.9 Å². The smallest absolute Gasteiger partial charge is 0.405 e. The molecule has 1 fully saturated rings. The van der Waals surface area contributed by atoms with E-state index in [4.69, 9.17) is 28.9 Å². The summed E-state index contributed by atoms with van der Waals surface area (Å²) in [7, 11) is -3.76. The van der Waals surface area contributed by atoms with Crippen LogP contribution in [0.2, 0.25) is 10.0 Å². The maximum Gasteiger partial charge on any atom is 0.573 e. The van der Waals surface area contributed by atoms with Gasteiger partial charge in [-0.3, -0.25) is 14.3 Å². The highest BCUT2D eigenvalue weighted by Gasteiger charge is 2.34. The number of nitrogens with zero attached hydrogens (tertiary/aromatic N) is 2. The number of hydrogen-bond donors (Lipinski definition) is 2. The zero-order valence-corrected chi connectivity index (χ0v) is 23.0. The molecule has 0 saturated carbocycles. The number of benzene rings is 2. The quantitative estimate of drug-likeness (QED) is 0.400. The number of nitrogens with one attached hydrogen (secondary N) is 1. The highest BCUT2D eigenvalue weighted by molar-refractivity contribution is 7.91. The number of aromatic amines is 1. The average molecular weight is 609 g/mol. The van der Waals surface area contributed by atoms with Crippen LogP contribution >= 0.6 is 23.2 Å². The molecule has 1 unspecified atom stereocenters. The largest absolute Gasteiger partial charge is 0.573 e. The Balaban J connectivity index is 1.87. The average Bonchev–Trinajstić information content (AvgIpc) is 3.32. The van der Waals surface area contributed by atoms with Crippen LogP contribution < -0.4 is 21.7 Å². The van der Waals surface area contributed by atoms with Crippen molar-refractivity contribution in [3.8, 4) is 5.75 Å². The number of hydrogen-bond acceptors (Lipinski definition) is 7. The Morgan fingerprint density at radius 2 is 1.90 bits per heavy atom. The number of halogens is 5. The van der Waals surface area contributed by atoms with Crippen LogP contribution in [0.5, 0.6) is 5.75 Å². The fraction of sp³-hybridized carbons (Fsp3) is 0.417. The van der Waals surface area contributed by atoms with Gasteiger partial charge in [-0.25, -0.2) is 13.2 Å². The molecular formula is C24H25Cl2F3N4O5S. The number of aromatic nitrogens is 2. The lowest BCUT2D eigenvalue weighted by molar-refractivity contribution is -0.274. The third-order valence-electron chi connectivity index (χ3n) is 6.66. The Kier molecular flexibility index (Phi) is 8.39. The first kappa shape index (κ1) is 29.4. The van der Waals surface area contributed by atoms with Gasteiger partial charge in [0.25, 0.3) is 5.56 Å². The Labute approximate surface area is 231 Å². The van der Waals surface area contributed by atoms with E-state index in [9.17, 15) is 31.2 Å². The summed E-state index contributed by atoms with van der Waals surface area (Å²) in [5, 5.41) is -0.440. The number of H-pyrrole nitrogens is 1. The van der Waals surface area contributed by atoms with Crippen LogP contribution in [-0.4, -0.2) is 54.6 Å². The summed E-state index contributed by atoms with van der Waals surface area (Å²) < 4.78 is 70.1. The van der Waals surface area contributed by atoms with Gasteiger partial charge in [0.05, 0.1) is 33.1 Å². The summed E-state index contributed by atoms with van der Waals surface area (Å²) in [6.45, 7) is 2.43. The maximum atomic E-state index is 13.4. The minimum absolute atomic E-state index is 0.0252. The van der Waals surface area contributed by atoms with E-state index in [1.165, 1.54) is 25.1 Å². The summed E-state index contributed by atoms with van der Waals surface area (Å²) in [4.78, 5) is 30.6. The molecule has 0 bridgehead atoms. The molecule has 0 amide bonds. The summed E-state index contributed by atoms with van der Waals surface area (Å²) in [5.74, 6) is -0.746. The molecule has 39 heavy (non-hydrogen) atoms. The zero-order chi connectivity index (χ0) is 28.7. The normalized spacial score (nSPS) is 16.7. The van der Waals surface area contributed by atoms with E-state index in [1.54, 1.807) is 0 Å². The van der Waals surface area contributed by atoms with Crippen LogP contribution in [0.4, 0.5) is 13.2 Å². The predicted octanol–water partition coefficient (Wildman–Crippen LogP) is 3.52. The highest BCUT2D eigenvalue weighted by Crippen LogP contribution is 2.37. The van der Waals surface area contributed by atoms with Crippen molar-refractivity contribution in [1.82, 2.24) is 14.5 Å². The minimum Gasteiger partial charge on any atom is -0.405 e. The van der Waals surface area contributed by atoms with Gasteiger partial charge in [-0.2, -0.15) is 0 Å². The second-order valence-electron chi connectivity index (χ2n) is 9.24. The molecule has 2 heterocycles. The van der Waals surface area contributed by atoms with Crippen LogP contribution in [0, 0.1) is 5.92 Å². The fourth-order valence-electron chi connectivity index (χ4n) is 4.65. The molecule has 0 aliphatic carbocycles. The van der Waals surface area contributed by atoms with E-state index in [0.29, 0.717) is 24.2 Å². The van der Waals surface area contributed by atoms with E-state index >= 15 is 0 Å². The minimum atomic E-state index is -5.08. The lowest BCUT2D eigenvalue weighted by atomic mass is 10.1. The van der Waals surface area contributed by atoms with Crippen LogP contribution in [0.1, 0.15) is 24.5 Å². The van der Waals surface area contributed by atoms with Crippen molar-refractivity contribution in [1.29, 1.82) is 0 Å². The molecule has 1 aliphatic rings. The van der Waals surface area contributed by atoms with Crippen LogP contribution in [-0.2, 0) is 22.9 Å². The van der Waals surface area contributed by atoms with Gasteiger partial charge in [-0.1, -0.05) is 30.1 Å². The van der Waals surface area contributed by atoms with Gasteiger partial charge < -0.3 is 15.5 Å². The third kappa shape index (κ3) is 6.27. The van der Waals surface area contributed by atoms with Gasteiger partial charge >= 0.3 is 12.1 Å². The molecule has 2 aromatic carbocycles. The van der Waals surface area contributed by atoms with E-state index in [0.717, 1.165) is 12.5 Å². The van der Waals surface area contributed by atoms with E-state index in [2.05, 4.69) is 9.72 Å². The fourth-order valence-corrected chi connectivity index (χ4v) is 6.26. The first-order valence-corrected chi connectivity index (χ1v) is 14.3. The summed E-state index contributed by atoms with van der Waals surface area (Å²) in [6.07, 6.45) is -4.32. The van der Waals surface area contributed by atoms with E-state index in [-0.39, 0.29) is 55.2 Å². The zero-order valence-electron chi connectivity index (χ0n) is 20.6. The van der Waals surface area contributed by atoms with Gasteiger partial charge in [0.15, 0.2) is 9.84 Å². The standard InChI is InChI=1S/C24H25Cl2F3N4O5S/c1-2-39(36,37)19-4-3-15(25)7-14(19)11-33-22(34)16-8-18(38-24(27,28)29)17(20(26)21(16)31-23(33)35)12-32-6-5-13(9-30)10-32/h3-4,7-8,13H,2,5-6,9-12,30H2,1H3,(H,31,35). The van der Waals surface area contributed by atoms with E-state index < -0.39 is 39.7 Å². The molecule has 1 aromatic heterocycles. The van der Waals surface area contributed by atoms with Crippen LogP contribution in [0.3, 0.4) is 0 Å². The van der Waals surface area contributed by atoms with E-state index in [1.807, 2.05) is 4.90 Å². The van der Waals surface area contributed by atoms with Crippen molar-refractivity contribution < 1.29 is 26.3 Å². The molecule has 1 saturated heterocycles. The Hall–Kier alpha value is -2.58. The summed E-state index contributed by atoms with van der Waals surface area (Å²) in [5.41, 5.74) is 3.65. The number of likely N-dealkylation sites (tertiary alicyclic amines) is 1. The Morgan fingerprint density at radius 3 is 2.51 bits per heavy atom. The number of rotatable bonds is 8.